The van der Waals surface area contributed by atoms with Crippen LogP contribution in [0.25, 0.3) is 16.7 Å². The highest BCUT2D eigenvalue weighted by atomic mass is 15.1. The van der Waals surface area contributed by atoms with Gasteiger partial charge in [-0.25, -0.2) is 4.57 Å². The zero-order valence-corrected chi connectivity index (χ0v) is 21.8. The number of para-hydroxylation sites is 1. The van der Waals surface area contributed by atoms with Crippen molar-refractivity contribution in [2.24, 2.45) is 10.8 Å². The summed E-state index contributed by atoms with van der Waals surface area (Å²) in [5.74, 6) is 0. The minimum absolute atomic E-state index is 0.108. The number of imidazole rings is 1. The molecule has 0 unspecified atom stereocenters. The van der Waals surface area contributed by atoms with Crippen molar-refractivity contribution in [3.8, 4) is 5.69 Å². The number of fused-ring (bicyclic) bond motifs is 2. The van der Waals surface area contributed by atoms with E-state index in [0.29, 0.717) is 5.41 Å². The Hall–Kier alpha value is -2.09. The number of rotatable bonds is 6. The van der Waals surface area contributed by atoms with Crippen LogP contribution in [0.5, 0.6) is 0 Å². The minimum atomic E-state index is 0.108. The molecule has 0 N–H and O–H groups in total. The van der Waals surface area contributed by atoms with Gasteiger partial charge in [-0.15, -0.1) is 0 Å². The molecule has 0 amide bonds. The predicted molar refractivity (Wildman–Crippen MR) is 137 cm³/mol. The van der Waals surface area contributed by atoms with Crippen LogP contribution in [0.1, 0.15) is 92.7 Å². The molecule has 172 valence electrons. The van der Waals surface area contributed by atoms with Crippen molar-refractivity contribution in [2.75, 3.05) is 0 Å². The van der Waals surface area contributed by atoms with Gasteiger partial charge in [-0.3, -0.25) is 0 Å². The zero-order chi connectivity index (χ0) is 23.5. The van der Waals surface area contributed by atoms with Gasteiger partial charge in [0, 0.05) is 5.41 Å². The highest BCUT2D eigenvalue weighted by Gasteiger charge is 2.57. The summed E-state index contributed by atoms with van der Waals surface area (Å²) >= 11 is 0. The van der Waals surface area contributed by atoms with Gasteiger partial charge in [0.2, 0.25) is 6.33 Å². The molecule has 3 aromatic rings. The number of hydrogen-bond acceptors (Lipinski definition) is 0. The fourth-order valence-electron chi connectivity index (χ4n) is 6.12. The van der Waals surface area contributed by atoms with Gasteiger partial charge in [0.25, 0.3) is 0 Å². The number of aromatic nitrogens is 2. The van der Waals surface area contributed by atoms with E-state index in [4.69, 9.17) is 0 Å². The summed E-state index contributed by atoms with van der Waals surface area (Å²) in [6, 6.07) is 15.9. The van der Waals surface area contributed by atoms with E-state index in [1.54, 1.807) is 0 Å². The van der Waals surface area contributed by atoms with Crippen molar-refractivity contribution < 1.29 is 4.57 Å². The van der Waals surface area contributed by atoms with Crippen LogP contribution in [-0.4, -0.2) is 4.57 Å². The van der Waals surface area contributed by atoms with Gasteiger partial charge in [0.15, 0.2) is 11.0 Å². The third-order valence-corrected chi connectivity index (χ3v) is 10.2. The fourth-order valence-corrected chi connectivity index (χ4v) is 6.12. The first-order chi connectivity index (χ1) is 15.0. The highest BCUT2D eigenvalue weighted by molar-refractivity contribution is 5.78. The molecule has 2 heteroatoms. The molecule has 1 heterocycles. The van der Waals surface area contributed by atoms with E-state index in [2.05, 4.69) is 120 Å². The normalized spacial score (nSPS) is 18.8. The largest absolute Gasteiger partial charge is 0.250 e. The van der Waals surface area contributed by atoms with Gasteiger partial charge >= 0.3 is 0 Å². The molecule has 0 radical (unpaired) electrons. The highest BCUT2D eigenvalue weighted by Crippen LogP contribution is 2.61. The molecule has 0 saturated carbocycles. The molecular weight excluding hydrogens is 388 g/mol. The number of hydrogen-bond donors (Lipinski definition) is 0. The van der Waals surface area contributed by atoms with E-state index < -0.39 is 0 Å². The molecule has 4 rings (SSSR count). The Bertz CT molecular complexity index is 1120. The topological polar surface area (TPSA) is 8.81 Å². The first kappa shape index (κ1) is 23.1. The molecule has 2 aromatic carbocycles. The second kappa shape index (κ2) is 7.47. The molecule has 0 fully saturated rings. The maximum atomic E-state index is 2.55. The van der Waals surface area contributed by atoms with E-state index in [-0.39, 0.29) is 16.2 Å². The van der Waals surface area contributed by atoms with E-state index >= 15 is 0 Å². The summed E-state index contributed by atoms with van der Waals surface area (Å²) in [5.41, 5.74) is 7.70. The molecule has 1 aliphatic rings. The van der Waals surface area contributed by atoms with Crippen LogP contribution >= 0.6 is 0 Å². The van der Waals surface area contributed by atoms with E-state index in [1.807, 2.05) is 0 Å². The zero-order valence-electron chi connectivity index (χ0n) is 21.8. The molecule has 0 atom stereocenters. The standard InChI is InChI=1S/C30H43N2/c1-10-30(11-2,12-3)20-31-21-32(22-16-14-13-15-17-22)26-19-24-23(18-25(26)31)27(4,5)29(8,9)28(24,6)7/h13-19,21H,10-12,20H2,1-9H3/q+1. The molecule has 1 aliphatic carbocycles. The average molecular weight is 432 g/mol. The van der Waals surface area contributed by atoms with Gasteiger partial charge in [-0.05, 0) is 70.9 Å². The summed E-state index contributed by atoms with van der Waals surface area (Å²) in [4.78, 5) is 0. The maximum absolute atomic E-state index is 2.55. The monoisotopic (exact) mass is 431 g/mol. The van der Waals surface area contributed by atoms with Gasteiger partial charge in [-0.2, -0.15) is 4.57 Å². The lowest BCUT2D eigenvalue weighted by Gasteiger charge is -2.44. The SMILES string of the molecule is CCC(CC)(CC)C[n+]1cn(-c2ccccc2)c2cc3c(cc21)C(C)(C)C(C)(C)C3(C)C. The fraction of sp³-hybridized carbons (Fsp3) is 0.567. The molecule has 0 aliphatic heterocycles. The van der Waals surface area contributed by atoms with Gasteiger partial charge in [-0.1, -0.05) is 80.5 Å². The summed E-state index contributed by atoms with van der Waals surface area (Å²) < 4.78 is 4.96. The van der Waals surface area contributed by atoms with E-state index in [9.17, 15) is 0 Å². The van der Waals surface area contributed by atoms with Crippen molar-refractivity contribution >= 4 is 11.0 Å². The van der Waals surface area contributed by atoms with Crippen molar-refractivity contribution in [3.63, 3.8) is 0 Å². The summed E-state index contributed by atoms with van der Waals surface area (Å²) in [6.07, 6.45) is 5.99. The Morgan fingerprint density at radius 3 is 1.84 bits per heavy atom. The van der Waals surface area contributed by atoms with Crippen LogP contribution in [0.15, 0.2) is 48.8 Å². The van der Waals surface area contributed by atoms with Crippen LogP contribution in [0.2, 0.25) is 0 Å². The number of benzene rings is 2. The quantitative estimate of drug-likeness (QED) is 0.353. The summed E-state index contributed by atoms with van der Waals surface area (Å²) in [5, 5.41) is 0. The predicted octanol–water partition coefficient (Wildman–Crippen LogP) is 7.73. The summed E-state index contributed by atoms with van der Waals surface area (Å²) in [6.45, 7) is 22.8. The van der Waals surface area contributed by atoms with E-state index in [1.165, 1.54) is 47.1 Å². The van der Waals surface area contributed by atoms with Crippen LogP contribution in [0.4, 0.5) is 0 Å². The smallest absolute Gasteiger partial charge is 0.229 e. The lowest BCUT2D eigenvalue weighted by Crippen LogP contribution is -2.43. The second-order valence-electron chi connectivity index (χ2n) is 11.8. The van der Waals surface area contributed by atoms with Crippen LogP contribution in [-0.2, 0) is 17.4 Å². The minimum Gasteiger partial charge on any atom is -0.229 e. The van der Waals surface area contributed by atoms with Crippen molar-refractivity contribution in [2.45, 2.75) is 99.0 Å². The van der Waals surface area contributed by atoms with Gasteiger partial charge in [0.05, 0.1) is 6.54 Å². The third-order valence-electron chi connectivity index (χ3n) is 10.2. The van der Waals surface area contributed by atoms with Crippen LogP contribution < -0.4 is 4.57 Å². The Morgan fingerprint density at radius 2 is 1.31 bits per heavy atom. The van der Waals surface area contributed by atoms with Crippen molar-refractivity contribution in [1.82, 2.24) is 4.57 Å². The lowest BCUT2D eigenvalue weighted by atomic mass is 9.59. The van der Waals surface area contributed by atoms with E-state index in [0.717, 1.165) is 6.54 Å². The average Bonchev–Trinajstić information content (AvgIpc) is 3.18. The lowest BCUT2D eigenvalue weighted by molar-refractivity contribution is -0.686. The molecule has 0 spiro atoms. The number of nitrogens with zero attached hydrogens (tertiary/aromatic N) is 2. The molecule has 1 aromatic heterocycles. The second-order valence-corrected chi connectivity index (χ2v) is 11.8. The maximum Gasteiger partial charge on any atom is 0.250 e. The Kier molecular flexibility index (Phi) is 5.39. The first-order valence-corrected chi connectivity index (χ1v) is 12.6. The Labute approximate surface area is 195 Å². The van der Waals surface area contributed by atoms with Gasteiger partial charge < -0.3 is 0 Å². The summed E-state index contributed by atoms with van der Waals surface area (Å²) in [7, 11) is 0. The Morgan fingerprint density at radius 1 is 0.781 bits per heavy atom. The Balaban J connectivity index is 2.03. The molecule has 2 nitrogen and oxygen atoms in total. The first-order valence-electron chi connectivity index (χ1n) is 12.6. The van der Waals surface area contributed by atoms with Crippen molar-refractivity contribution in [1.29, 1.82) is 0 Å². The molecular formula is C30H43N2+. The molecule has 32 heavy (non-hydrogen) atoms. The molecule has 0 saturated heterocycles. The van der Waals surface area contributed by atoms with Crippen LogP contribution in [0, 0.1) is 10.8 Å². The molecule has 0 bridgehead atoms. The third kappa shape index (κ3) is 3.01. The van der Waals surface area contributed by atoms with Crippen LogP contribution in [0.3, 0.4) is 0 Å². The van der Waals surface area contributed by atoms with Crippen molar-refractivity contribution in [3.05, 3.63) is 59.9 Å². The van der Waals surface area contributed by atoms with Gasteiger partial charge in [0.1, 0.15) is 5.69 Å².